The Morgan fingerprint density at radius 2 is 2.12 bits per heavy atom. The van der Waals surface area contributed by atoms with Crippen LogP contribution in [0.15, 0.2) is 35.3 Å². The van der Waals surface area contributed by atoms with Crippen molar-refractivity contribution in [1.29, 1.82) is 0 Å². The van der Waals surface area contributed by atoms with Gasteiger partial charge in [-0.2, -0.15) is 0 Å². The molecule has 0 amide bonds. The summed E-state index contributed by atoms with van der Waals surface area (Å²) in [4.78, 5) is 6.77. The molecule has 2 bridgehead atoms. The van der Waals surface area contributed by atoms with E-state index in [2.05, 4.69) is 64.8 Å². The molecule has 2 N–H and O–H groups in total. The lowest BCUT2D eigenvalue weighted by Crippen LogP contribution is -2.48. The van der Waals surface area contributed by atoms with Gasteiger partial charge in [0.15, 0.2) is 5.96 Å². The van der Waals surface area contributed by atoms with Gasteiger partial charge in [-0.3, -0.25) is 9.89 Å². The zero-order valence-corrected chi connectivity index (χ0v) is 15.7. The van der Waals surface area contributed by atoms with Gasteiger partial charge < -0.3 is 15.4 Å². The van der Waals surface area contributed by atoms with Crippen LogP contribution >= 0.6 is 0 Å². The van der Waals surface area contributed by atoms with Gasteiger partial charge in [0, 0.05) is 26.2 Å². The molecule has 0 aromatic heterocycles. The zero-order chi connectivity index (χ0) is 17.6. The molecule has 5 heteroatoms. The monoisotopic (exact) mass is 344 g/mol. The highest BCUT2D eigenvalue weighted by Gasteiger charge is 2.41. The Hall–Kier alpha value is -1.59. The fourth-order valence-corrected chi connectivity index (χ4v) is 3.81. The van der Waals surface area contributed by atoms with Crippen molar-refractivity contribution in [3.05, 3.63) is 35.9 Å². The van der Waals surface area contributed by atoms with Gasteiger partial charge in [-0.25, -0.2) is 0 Å². The lowest BCUT2D eigenvalue weighted by Gasteiger charge is -2.26. The Balaban J connectivity index is 1.37. The molecule has 0 radical (unpaired) electrons. The SMILES string of the molecule is CN=C(NCCC(C)N(C)Cc1ccccc1)NC1CC2CCC1O2. The molecule has 2 fully saturated rings. The summed E-state index contributed by atoms with van der Waals surface area (Å²) in [7, 11) is 4.03. The van der Waals surface area contributed by atoms with Crippen LogP contribution in [0.1, 0.15) is 38.2 Å². The normalized spacial score (nSPS) is 26.9. The van der Waals surface area contributed by atoms with E-state index in [1.807, 2.05) is 7.05 Å². The Labute approximate surface area is 151 Å². The molecule has 3 rings (SSSR count). The zero-order valence-electron chi connectivity index (χ0n) is 15.7. The van der Waals surface area contributed by atoms with E-state index in [0.29, 0.717) is 24.3 Å². The fourth-order valence-electron chi connectivity index (χ4n) is 3.81. The van der Waals surface area contributed by atoms with Gasteiger partial charge in [0.2, 0.25) is 0 Å². The predicted molar refractivity (Wildman–Crippen MR) is 103 cm³/mol. The molecular weight excluding hydrogens is 312 g/mol. The standard InChI is InChI=1S/C20H32N4O/c1-15(24(3)14-16-7-5-4-6-8-16)11-12-22-20(21-2)23-18-13-17-9-10-19(18)25-17/h4-8,15,17-19H,9-14H2,1-3H3,(H2,21,22,23). The number of fused-ring (bicyclic) bond motifs is 2. The van der Waals surface area contributed by atoms with E-state index in [9.17, 15) is 0 Å². The Bertz CT molecular complexity index is 562. The molecule has 2 saturated heterocycles. The number of nitrogens with zero attached hydrogens (tertiary/aromatic N) is 2. The Kier molecular flexibility index (Phi) is 6.32. The smallest absolute Gasteiger partial charge is 0.191 e. The number of aliphatic imine (C=N–C) groups is 1. The van der Waals surface area contributed by atoms with Crippen molar-refractivity contribution in [3.63, 3.8) is 0 Å². The fraction of sp³-hybridized carbons (Fsp3) is 0.650. The number of ether oxygens (including phenoxy) is 1. The third kappa shape index (κ3) is 4.95. The minimum Gasteiger partial charge on any atom is -0.373 e. The third-order valence-electron chi connectivity index (χ3n) is 5.53. The maximum Gasteiger partial charge on any atom is 0.191 e. The van der Waals surface area contributed by atoms with Crippen LogP contribution in [0.25, 0.3) is 0 Å². The number of hydrogen-bond acceptors (Lipinski definition) is 3. The lowest BCUT2D eigenvalue weighted by molar-refractivity contribution is 0.0992. The number of benzene rings is 1. The molecule has 1 aromatic carbocycles. The second kappa shape index (κ2) is 8.68. The predicted octanol–water partition coefficient (Wildman–Crippen LogP) is 2.38. The van der Waals surface area contributed by atoms with E-state index in [0.717, 1.165) is 31.9 Å². The molecule has 138 valence electrons. The van der Waals surface area contributed by atoms with Crippen LogP contribution < -0.4 is 10.6 Å². The second-order valence-corrected chi connectivity index (χ2v) is 7.40. The summed E-state index contributed by atoms with van der Waals surface area (Å²) in [5.41, 5.74) is 1.36. The number of guanidine groups is 1. The van der Waals surface area contributed by atoms with E-state index in [4.69, 9.17) is 4.74 Å². The van der Waals surface area contributed by atoms with E-state index in [1.165, 1.54) is 18.4 Å². The Morgan fingerprint density at radius 1 is 1.32 bits per heavy atom. The highest BCUT2D eigenvalue weighted by Crippen LogP contribution is 2.34. The first kappa shape index (κ1) is 18.2. The van der Waals surface area contributed by atoms with Gasteiger partial charge >= 0.3 is 0 Å². The average Bonchev–Trinajstić information content (AvgIpc) is 3.24. The van der Waals surface area contributed by atoms with Crippen LogP contribution in [-0.4, -0.2) is 55.8 Å². The number of rotatable bonds is 7. The number of nitrogens with one attached hydrogen (secondary N) is 2. The molecule has 0 spiro atoms. The van der Waals surface area contributed by atoms with Crippen molar-refractivity contribution < 1.29 is 4.74 Å². The van der Waals surface area contributed by atoms with Crippen LogP contribution in [0, 0.1) is 0 Å². The van der Waals surface area contributed by atoms with Crippen molar-refractivity contribution in [2.24, 2.45) is 4.99 Å². The van der Waals surface area contributed by atoms with Crippen molar-refractivity contribution in [1.82, 2.24) is 15.5 Å². The molecule has 5 nitrogen and oxygen atoms in total. The van der Waals surface area contributed by atoms with Crippen LogP contribution in [0.2, 0.25) is 0 Å². The van der Waals surface area contributed by atoms with Gasteiger partial charge in [-0.05, 0) is 45.2 Å². The molecule has 2 aliphatic rings. The third-order valence-corrected chi connectivity index (χ3v) is 5.53. The minimum absolute atomic E-state index is 0.375. The Morgan fingerprint density at radius 3 is 2.76 bits per heavy atom. The first-order valence-corrected chi connectivity index (χ1v) is 9.52. The van der Waals surface area contributed by atoms with Crippen LogP contribution in [0.5, 0.6) is 0 Å². The molecule has 4 unspecified atom stereocenters. The summed E-state index contributed by atoms with van der Waals surface area (Å²) in [6.07, 6.45) is 5.44. The van der Waals surface area contributed by atoms with Crippen molar-refractivity contribution >= 4 is 5.96 Å². The summed E-state index contributed by atoms with van der Waals surface area (Å²) in [6, 6.07) is 11.6. The molecule has 4 atom stereocenters. The largest absolute Gasteiger partial charge is 0.373 e. The maximum absolute atomic E-state index is 5.91. The molecule has 2 aliphatic heterocycles. The molecule has 2 heterocycles. The van der Waals surface area contributed by atoms with Crippen LogP contribution in [0.4, 0.5) is 0 Å². The van der Waals surface area contributed by atoms with Gasteiger partial charge in [-0.15, -0.1) is 0 Å². The van der Waals surface area contributed by atoms with Gasteiger partial charge in [0.05, 0.1) is 18.2 Å². The molecule has 1 aromatic rings. The van der Waals surface area contributed by atoms with Gasteiger partial charge in [0.25, 0.3) is 0 Å². The summed E-state index contributed by atoms with van der Waals surface area (Å²) in [5, 5.41) is 7.00. The summed E-state index contributed by atoms with van der Waals surface area (Å²) >= 11 is 0. The van der Waals surface area contributed by atoms with Crippen molar-refractivity contribution in [2.45, 2.75) is 63.4 Å². The molecule has 0 aliphatic carbocycles. The van der Waals surface area contributed by atoms with Crippen LogP contribution in [0.3, 0.4) is 0 Å². The minimum atomic E-state index is 0.375. The van der Waals surface area contributed by atoms with Crippen molar-refractivity contribution in [3.8, 4) is 0 Å². The molecular formula is C20H32N4O. The first-order chi connectivity index (χ1) is 12.2. The quantitative estimate of drug-likeness (QED) is 0.589. The van der Waals surface area contributed by atoms with E-state index >= 15 is 0 Å². The van der Waals surface area contributed by atoms with Crippen LogP contribution in [-0.2, 0) is 11.3 Å². The maximum atomic E-state index is 5.91. The highest BCUT2D eigenvalue weighted by molar-refractivity contribution is 5.80. The van der Waals surface area contributed by atoms with Crippen molar-refractivity contribution in [2.75, 3.05) is 20.6 Å². The molecule has 25 heavy (non-hydrogen) atoms. The summed E-state index contributed by atoms with van der Waals surface area (Å²) < 4.78 is 5.91. The van der Waals surface area contributed by atoms with E-state index in [-0.39, 0.29) is 0 Å². The summed E-state index contributed by atoms with van der Waals surface area (Å²) in [6.45, 7) is 4.18. The van der Waals surface area contributed by atoms with E-state index < -0.39 is 0 Å². The van der Waals surface area contributed by atoms with Gasteiger partial charge in [-0.1, -0.05) is 30.3 Å². The topological polar surface area (TPSA) is 48.9 Å². The second-order valence-electron chi connectivity index (χ2n) is 7.40. The van der Waals surface area contributed by atoms with Gasteiger partial charge in [0.1, 0.15) is 0 Å². The summed E-state index contributed by atoms with van der Waals surface area (Å²) in [5.74, 6) is 0.902. The first-order valence-electron chi connectivity index (χ1n) is 9.52. The lowest BCUT2D eigenvalue weighted by atomic mass is 9.96. The average molecular weight is 345 g/mol. The molecule has 0 saturated carbocycles. The number of hydrogen-bond donors (Lipinski definition) is 2. The highest BCUT2D eigenvalue weighted by atomic mass is 16.5. The van der Waals surface area contributed by atoms with E-state index in [1.54, 1.807) is 0 Å².